The second kappa shape index (κ2) is 5.20. The van der Waals surface area contributed by atoms with E-state index < -0.39 is 5.97 Å². The van der Waals surface area contributed by atoms with Crippen molar-refractivity contribution in [3.8, 4) is 0 Å². The molecule has 0 aliphatic carbocycles. The predicted octanol–water partition coefficient (Wildman–Crippen LogP) is 1.63. The molecule has 1 aliphatic rings. The van der Waals surface area contributed by atoms with E-state index in [2.05, 4.69) is 21.9 Å². The first kappa shape index (κ1) is 13.1. The van der Waals surface area contributed by atoms with Gasteiger partial charge in [0, 0.05) is 18.7 Å². The zero-order chi connectivity index (χ0) is 14.1. The Balaban J connectivity index is 1.90. The largest absolute Gasteiger partial charge is 0.478 e. The number of piperidine rings is 1. The molecule has 2 aromatic rings. The van der Waals surface area contributed by atoms with Gasteiger partial charge < -0.3 is 10.0 Å². The zero-order valence-corrected chi connectivity index (χ0v) is 11.5. The van der Waals surface area contributed by atoms with Crippen molar-refractivity contribution in [1.29, 1.82) is 0 Å². The standard InChI is InChI=1S/C14H18N4O2/c1-2-17-7-3-4-10(8-17)13-15-12-6-5-11(14(19)20)9-18(12)16-13/h5-6,9-10H,2-4,7-8H2,1H3,(H,19,20). The number of fused-ring (bicyclic) bond motifs is 1. The first-order valence-electron chi connectivity index (χ1n) is 6.99. The van der Waals surface area contributed by atoms with Crippen LogP contribution < -0.4 is 0 Å². The van der Waals surface area contributed by atoms with Gasteiger partial charge in [-0.2, -0.15) is 5.10 Å². The fourth-order valence-electron chi connectivity index (χ4n) is 2.75. The summed E-state index contributed by atoms with van der Waals surface area (Å²) in [6.45, 7) is 5.34. The minimum absolute atomic E-state index is 0.229. The van der Waals surface area contributed by atoms with Crippen molar-refractivity contribution in [3.05, 3.63) is 29.7 Å². The Morgan fingerprint density at radius 3 is 3.10 bits per heavy atom. The van der Waals surface area contributed by atoms with Gasteiger partial charge in [-0.05, 0) is 38.1 Å². The maximum atomic E-state index is 11.0. The van der Waals surface area contributed by atoms with E-state index in [0.717, 1.165) is 38.3 Å². The highest BCUT2D eigenvalue weighted by Gasteiger charge is 2.23. The first-order valence-corrected chi connectivity index (χ1v) is 6.99. The van der Waals surface area contributed by atoms with E-state index in [9.17, 15) is 4.79 Å². The summed E-state index contributed by atoms with van der Waals surface area (Å²) in [5.41, 5.74) is 0.936. The Morgan fingerprint density at radius 2 is 2.35 bits per heavy atom. The third-order valence-corrected chi connectivity index (χ3v) is 3.91. The molecule has 1 fully saturated rings. The Morgan fingerprint density at radius 1 is 1.50 bits per heavy atom. The van der Waals surface area contributed by atoms with Crippen LogP contribution in [-0.4, -0.2) is 50.2 Å². The lowest BCUT2D eigenvalue weighted by Crippen LogP contribution is -2.34. The summed E-state index contributed by atoms with van der Waals surface area (Å²) in [5.74, 6) is 0.223. The lowest BCUT2D eigenvalue weighted by atomic mass is 9.97. The Bertz CT molecular complexity index is 637. The van der Waals surface area contributed by atoms with Gasteiger partial charge in [0.05, 0.1) is 5.56 Å². The molecule has 1 saturated heterocycles. The number of aromatic carboxylic acids is 1. The molecule has 1 unspecified atom stereocenters. The van der Waals surface area contributed by atoms with E-state index in [1.54, 1.807) is 16.6 Å². The fraction of sp³-hybridized carbons (Fsp3) is 0.500. The van der Waals surface area contributed by atoms with E-state index in [-0.39, 0.29) is 5.56 Å². The van der Waals surface area contributed by atoms with Gasteiger partial charge >= 0.3 is 5.97 Å². The number of nitrogens with zero attached hydrogens (tertiary/aromatic N) is 4. The van der Waals surface area contributed by atoms with Crippen LogP contribution in [0.2, 0.25) is 0 Å². The third kappa shape index (κ3) is 2.38. The molecule has 1 atom stereocenters. The van der Waals surface area contributed by atoms with Crippen molar-refractivity contribution in [1.82, 2.24) is 19.5 Å². The van der Waals surface area contributed by atoms with Crippen LogP contribution >= 0.6 is 0 Å². The number of likely N-dealkylation sites (tertiary alicyclic amines) is 1. The van der Waals surface area contributed by atoms with Gasteiger partial charge in [0.2, 0.25) is 0 Å². The Kier molecular flexibility index (Phi) is 3.40. The lowest BCUT2D eigenvalue weighted by Gasteiger charge is -2.30. The smallest absolute Gasteiger partial charge is 0.337 e. The molecular weight excluding hydrogens is 256 g/mol. The van der Waals surface area contributed by atoms with Crippen molar-refractivity contribution in [3.63, 3.8) is 0 Å². The number of hydrogen-bond donors (Lipinski definition) is 1. The highest BCUT2D eigenvalue weighted by molar-refractivity contribution is 5.87. The predicted molar refractivity (Wildman–Crippen MR) is 74.0 cm³/mol. The van der Waals surface area contributed by atoms with Gasteiger partial charge in [0.15, 0.2) is 11.5 Å². The van der Waals surface area contributed by atoms with Crippen molar-refractivity contribution in [2.24, 2.45) is 0 Å². The minimum atomic E-state index is -0.946. The topological polar surface area (TPSA) is 70.7 Å². The molecule has 20 heavy (non-hydrogen) atoms. The van der Waals surface area contributed by atoms with Crippen LogP contribution in [0.15, 0.2) is 18.3 Å². The maximum Gasteiger partial charge on any atom is 0.337 e. The van der Waals surface area contributed by atoms with Crippen LogP contribution in [0.3, 0.4) is 0 Å². The number of pyridine rings is 1. The molecule has 1 aliphatic heterocycles. The van der Waals surface area contributed by atoms with Gasteiger partial charge in [-0.25, -0.2) is 14.3 Å². The summed E-state index contributed by atoms with van der Waals surface area (Å²) in [5, 5.41) is 13.5. The average Bonchev–Trinajstić information content (AvgIpc) is 2.90. The second-order valence-electron chi connectivity index (χ2n) is 5.23. The SMILES string of the molecule is CCN1CCCC(c2nc3ccc(C(=O)O)cn3n2)C1. The van der Waals surface area contributed by atoms with Gasteiger partial charge in [-0.15, -0.1) is 0 Å². The van der Waals surface area contributed by atoms with Crippen LogP contribution in [0.4, 0.5) is 0 Å². The first-order chi connectivity index (χ1) is 9.67. The summed E-state index contributed by atoms with van der Waals surface area (Å²) in [6, 6.07) is 3.27. The summed E-state index contributed by atoms with van der Waals surface area (Å²) in [6.07, 6.45) is 3.78. The molecule has 3 heterocycles. The number of aromatic nitrogens is 3. The molecule has 0 saturated carbocycles. The summed E-state index contributed by atoms with van der Waals surface area (Å²) in [4.78, 5) is 17.9. The third-order valence-electron chi connectivity index (χ3n) is 3.91. The Hall–Kier alpha value is -1.95. The van der Waals surface area contributed by atoms with E-state index in [1.807, 2.05) is 0 Å². The monoisotopic (exact) mass is 274 g/mol. The molecule has 2 aromatic heterocycles. The van der Waals surface area contributed by atoms with Crippen LogP contribution in [0.25, 0.3) is 5.65 Å². The van der Waals surface area contributed by atoms with Crippen LogP contribution in [-0.2, 0) is 0 Å². The number of hydrogen-bond acceptors (Lipinski definition) is 4. The number of carboxylic acids is 1. The van der Waals surface area contributed by atoms with Crippen molar-refractivity contribution in [2.45, 2.75) is 25.7 Å². The van der Waals surface area contributed by atoms with Gasteiger partial charge in [-0.1, -0.05) is 6.92 Å². The van der Waals surface area contributed by atoms with Gasteiger partial charge in [0.1, 0.15) is 0 Å². The Labute approximate surface area is 117 Å². The number of carboxylic acid groups (broad SMARTS) is 1. The van der Waals surface area contributed by atoms with Crippen LogP contribution in [0.5, 0.6) is 0 Å². The molecule has 0 spiro atoms. The quantitative estimate of drug-likeness (QED) is 0.921. The molecule has 0 amide bonds. The van der Waals surface area contributed by atoms with E-state index in [0.29, 0.717) is 11.6 Å². The van der Waals surface area contributed by atoms with Gasteiger partial charge in [0.25, 0.3) is 0 Å². The molecule has 6 nitrogen and oxygen atoms in total. The minimum Gasteiger partial charge on any atom is -0.478 e. The molecule has 0 aromatic carbocycles. The molecular formula is C14H18N4O2. The zero-order valence-electron chi connectivity index (χ0n) is 11.5. The van der Waals surface area contributed by atoms with Crippen molar-refractivity contribution in [2.75, 3.05) is 19.6 Å². The van der Waals surface area contributed by atoms with E-state index >= 15 is 0 Å². The normalized spacial score (nSPS) is 20.4. The molecule has 0 radical (unpaired) electrons. The van der Waals surface area contributed by atoms with Gasteiger partial charge in [-0.3, -0.25) is 0 Å². The highest BCUT2D eigenvalue weighted by atomic mass is 16.4. The molecule has 3 rings (SSSR count). The lowest BCUT2D eigenvalue weighted by molar-refractivity contribution is 0.0696. The maximum absolute atomic E-state index is 11.0. The van der Waals surface area contributed by atoms with E-state index in [1.165, 1.54) is 6.20 Å². The van der Waals surface area contributed by atoms with Crippen LogP contribution in [0.1, 0.15) is 41.9 Å². The molecule has 6 heteroatoms. The molecule has 1 N–H and O–H groups in total. The highest BCUT2D eigenvalue weighted by Crippen LogP contribution is 2.24. The second-order valence-corrected chi connectivity index (χ2v) is 5.23. The average molecular weight is 274 g/mol. The van der Waals surface area contributed by atoms with Crippen molar-refractivity contribution < 1.29 is 9.90 Å². The summed E-state index contributed by atoms with van der Waals surface area (Å²) < 4.78 is 1.57. The number of rotatable bonds is 3. The number of carbonyl (C=O) groups is 1. The number of likely N-dealkylation sites (N-methyl/N-ethyl adjacent to an activating group) is 1. The molecule has 106 valence electrons. The van der Waals surface area contributed by atoms with Crippen LogP contribution in [0, 0.1) is 0 Å². The van der Waals surface area contributed by atoms with Crippen molar-refractivity contribution >= 4 is 11.6 Å². The molecule has 0 bridgehead atoms. The summed E-state index contributed by atoms with van der Waals surface area (Å²) >= 11 is 0. The fourth-order valence-corrected chi connectivity index (χ4v) is 2.75. The summed E-state index contributed by atoms with van der Waals surface area (Å²) in [7, 11) is 0. The van der Waals surface area contributed by atoms with E-state index in [4.69, 9.17) is 5.11 Å².